The molecular weight excluding hydrogens is 308 g/mol. The lowest BCUT2D eigenvalue weighted by atomic mass is 10.4. The molecule has 1 fully saturated rings. The minimum Gasteiger partial charge on any atom is -0.475 e. The van der Waals surface area contributed by atoms with Crippen LogP contribution in [0.2, 0.25) is 0 Å². The highest BCUT2D eigenvalue weighted by Crippen LogP contribution is 2.22. The average molecular weight is 329 g/mol. The summed E-state index contributed by atoms with van der Waals surface area (Å²) in [5.74, 6) is 1.24. The molecule has 0 unspecified atom stereocenters. The van der Waals surface area contributed by atoms with Gasteiger partial charge in [0.05, 0.1) is 10.7 Å². The monoisotopic (exact) mass is 328 g/mol. The number of nitrogens with zero attached hydrogens (tertiary/aromatic N) is 3. The molecule has 0 saturated carbocycles. The molecule has 19 heavy (non-hydrogen) atoms. The van der Waals surface area contributed by atoms with Gasteiger partial charge in [0.25, 0.3) is 0 Å². The van der Waals surface area contributed by atoms with Crippen molar-refractivity contribution in [2.75, 3.05) is 38.1 Å². The first-order valence-corrected chi connectivity index (χ1v) is 7.70. The van der Waals surface area contributed by atoms with Crippen LogP contribution in [0.5, 0.6) is 5.88 Å². The molecule has 1 aliphatic heterocycles. The molecule has 2 heterocycles. The highest BCUT2D eigenvalue weighted by atomic mass is 79.9. The van der Waals surface area contributed by atoms with Crippen LogP contribution >= 0.6 is 15.9 Å². The summed E-state index contributed by atoms with van der Waals surface area (Å²) >= 11 is 3.42. The zero-order valence-electron chi connectivity index (χ0n) is 11.4. The first kappa shape index (κ1) is 14.5. The smallest absolute Gasteiger partial charge is 0.232 e. The van der Waals surface area contributed by atoms with Gasteiger partial charge in [-0.05, 0) is 48.3 Å². The summed E-state index contributed by atoms with van der Waals surface area (Å²) in [7, 11) is 0. The first-order valence-electron chi connectivity index (χ1n) is 6.91. The minimum atomic E-state index is 0.618. The number of likely N-dealkylation sites (tertiary alicyclic amines) is 1. The molecule has 0 atom stereocenters. The Labute approximate surface area is 122 Å². The van der Waals surface area contributed by atoms with E-state index in [4.69, 9.17) is 4.74 Å². The number of rotatable bonds is 7. The van der Waals surface area contributed by atoms with Crippen LogP contribution < -0.4 is 10.1 Å². The SMILES string of the molecule is CCCNc1ncc(Br)c(OCCN2CCCC2)n1. The number of halogens is 1. The van der Waals surface area contributed by atoms with Crippen LogP contribution in [0.1, 0.15) is 26.2 Å². The Morgan fingerprint density at radius 3 is 2.95 bits per heavy atom. The zero-order valence-corrected chi connectivity index (χ0v) is 12.9. The molecule has 1 aromatic heterocycles. The Kier molecular flexibility index (Phi) is 5.85. The van der Waals surface area contributed by atoms with Gasteiger partial charge >= 0.3 is 0 Å². The number of anilines is 1. The van der Waals surface area contributed by atoms with Crippen LogP contribution in [0.25, 0.3) is 0 Å². The van der Waals surface area contributed by atoms with Crippen molar-refractivity contribution < 1.29 is 4.74 Å². The summed E-state index contributed by atoms with van der Waals surface area (Å²) in [6.45, 7) is 7.00. The van der Waals surface area contributed by atoms with E-state index in [0.29, 0.717) is 18.4 Å². The maximum atomic E-state index is 5.74. The van der Waals surface area contributed by atoms with Gasteiger partial charge in [0.2, 0.25) is 11.8 Å². The molecule has 1 aliphatic rings. The molecule has 0 spiro atoms. The summed E-state index contributed by atoms with van der Waals surface area (Å²) in [6, 6.07) is 0. The second-order valence-corrected chi connectivity index (χ2v) is 5.53. The topological polar surface area (TPSA) is 50.3 Å². The summed E-state index contributed by atoms with van der Waals surface area (Å²) in [4.78, 5) is 11.0. The fourth-order valence-corrected chi connectivity index (χ4v) is 2.36. The van der Waals surface area contributed by atoms with Crippen molar-refractivity contribution in [1.82, 2.24) is 14.9 Å². The number of aromatic nitrogens is 2. The molecule has 6 heteroatoms. The van der Waals surface area contributed by atoms with Gasteiger partial charge in [-0.15, -0.1) is 0 Å². The van der Waals surface area contributed by atoms with E-state index in [1.807, 2.05) is 0 Å². The lowest BCUT2D eigenvalue weighted by Gasteiger charge is -2.15. The largest absolute Gasteiger partial charge is 0.475 e. The van der Waals surface area contributed by atoms with E-state index in [2.05, 4.69) is 43.0 Å². The molecule has 0 amide bonds. The van der Waals surface area contributed by atoms with Crippen LogP contribution in [-0.2, 0) is 0 Å². The van der Waals surface area contributed by atoms with Gasteiger partial charge in [0.15, 0.2) is 0 Å². The molecule has 1 aromatic rings. The standard InChI is InChI=1S/C13H21BrN4O/c1-2-5-15-13-16-10-11(14)12(17-13)19-9-8-18-6-3-4-7-18/h10H,2-9H2,1H3,(H,15,16,17). The lowest BCUT2D eigenvalue weighted by Crippen LogP contribution is -2.25. The second-order valence-electron chi connectivity index (χ2n) is 4.67. The highest BCUT2D eigenvalue weighted by molar-refractivity contribution is 9.10. The van der Waals surface area contributed by atoms with Crippen molar-refractivity contribution in [1.29, 1.82) is 0 Å². The summed E-state index contributed by atoms with van der Waals surface area (Å²) in [5, 5.41) is 3.16. The Morgan fingerprint density at radius 1 is 1.42 bits per heavy atom. The van der Waals surface area contributed by atoms with Crippen LogP contribution in [0, 0.1) is 0 Å². The van der Waals surface area contributed by atoms with E-state index < -0.39 is 0 Å². The van der Waals surface area contributed by atoms with Crippen LogP contribution in [0.15, 0.2) is 10.7 Å². The van der Waals surface area contributed by atoms with Crippen molar-refractivity contribution in [3.8, 4) is 5.88 Å². The van der Waals surface area contributed by atoms with Crippen molar-refractivity contribution >= 4 is 21.9 Å². The quantitative estimate of drug-likeness (QED) is 0.833. The lowest BCUT2D eigenvalue weighted by molar-refractivity contribution is 0.231. The highest BCUT2D eigenvalue weighted by Gasteiger charge is 2.12. The van der Waals surface area contributed by atoms with E-state index in [-0.39, 0.29) is 0 Å². The van der Waals surface area contributed by atoms with Crippen molar-refractivity contribution in [3.63, 3.8) is 0 Å². The molecule has 5 nitrogen and oxygen atoms in total. The number of ether oxygens (including phenoxy) is 1. The van der Waals surface area contributed by atoms with E-state index in [1.54, 1.807) is 6.20 Å². The van der Waals surface area contributed by atoms with E-state index in [1.165, 1.54) is 25.9 Å². The van der Waals surface area contributed by atoms with Gasteiger partial charge in [-0.25, -0.2) is 4.98 Å². The van der Waals surface area contributed by atoms with Crippen molar-refractivity contribution in [2.45, 2.75) is 26.2 Å². The predicted octanol–water partition coefficient (Wildman–Crippen LogP) is 2.54. The predicted molar refractivity (Wildman–Crippen MR) is 79.7 cm³/mol. The first-order chi connectivity index (χ1) is 9.29. The third-order valence-electron chi connectivity index (χ3n) is 3.09. The second kappa shape index (κ2) is 7.65. The molecule has 106 valence electrons. The van der Waals surface area contributed by atoms with E-state index >= 15 is 0 Å². The molecule has 0 radical (unpaired) electrons. The van der Waals surface area contributed by atoms with Crippen LogP contribution in [-0.4, -0.2) is 47.7 Å². The Hall–Kier alpha value is -0.880. The Morgan fingerprint density at radius 2 is 2.21 bits per heavy atom. The Balaban J connectivity index is 1.83. The minimum absolute atomic E-state index is 0.618. The maximum absolute atomic E-state index is 5.74. The molecule has 1 N–H and O–H groups in total. The third-order valence-corrected chi connectivity index (χ3v) is 3.63. The van der Waals surface area contributed by atoms with Gasteiger partial charge < -0.3 is 10.1 Å². The van der Waals surface area contributed by atoms with Crippen LogP contribution in [0.3, 0.4) is 0 Å². The number of hydrogen-bond acceptors (Lipinski definition) is 5. The zero-order chi connectivity index (χ0) is 13.5. The van der Waals surface area contributed by atoms with Crippen molar-refractivity contribution in [3.05, 3.63) is 10.7 Å². The molecule has 0 aromatic carbocycles. The van der Waals surface area contributed by atoms with Crippen LogP contribution in [0.4, 0.5) is 5.95 Å². The maximum Gasteiger partial charge on any atom is 0.232 e. The summed E-state index contributed by atoms with van der Waals surface area (Å²) in [6.07, 6.45) is 5.39. The number of hydrogen-bond donors (Lipinski definition) is 1. The molecule has 0 bridgehead atoms. The fraction of sp³-hybridized carbons (Fsp3) is 0.692. The fourth-order valence-electron chi connectivity index (χ4n) is 2.05. The summed E-state index contributed by atoms with van der Waals surface area (Å²) < 4.78 is 6.54. The summed E-state index contributed by atoms with van der Waals surface area (Å²) in [5.41, 5.74) is 0. The normalized spacial score (nSPS) is 15.7. The average Bonchev–Trinajstić information content (AvgIpc) is 2.92. The molecule has 1 saturated heterocycles. The van der Waals surface area contributed by atoms with E-state index in [9.17, 15) is 0 Å². The third kappa shape index (κ3) is 4.62. The molecular formula is C13H21BrN4O. The number of nitrogens with one attached hydrogen (secondary N) is 1. The molecule has 0 aliphatic carbocycles. The van der Waals surface area contributed by atoms with Gasteiger partial charge in [0, 0.05) is 13.1 Å². The molecule has 2 rings (SSSR count). The van der Waals surface area contributed by atoms with Gasteiger partial charge in [-0.2, -0.15) is 4.98 Å². The van der Waals surface area contributed by atoms with E-state index in [0.717, 1.165) is 24.0 Å². The van der Waals surface area contributed by atoms with Gasteiger partial charge in [-0.3, -0.25) is 4.90 Å². The van der Waals surface area contributed by atoms with Crippen molar-refractivity contribution in [2.24, 2.45) is 0 Å². The van der Waals surface area contributed by atoms with Gasteiger partial charge in [0.1, 0.15) is 6.61 Å². The Bertz CT molecular complexity index is 396. The van der Waals surface area contributed by atoms with Gasteiger partial charge in [-0.1, -0.05) is 6.92 Å².